The molecule has 0 atom stereocenters. The molecule has 0 unspecified atom stereocenters. The molecule has 0 N–H and O–H groups in total. The normalized spacial score (nSPS) is 11.6. The lowest BCUT2D eigenvalue weighted by Gasteiger charge is -2.08. The van der Waals surface area contributed by atoms with Gasteiger partial charge in [0.05, 0.1) is 11.4 Å². The van der Waals surface area contributed by atoms with Gasteiger partial charge in [0.25, 0.3) is 0 Å². The Hall–Kier alpha value is -1.55. The van der Waals surface area contributed by atoms with E-state index in [-0.39, 0.29) is 5.88 Å². The molecule has 0 aliphatic heterocycles. The quantitative estimate of drug-likeness (QED) is 0.523. The highest BCUT2D eigenvalue weighted by Gasteiger charge is 2.29. The molecule has 2 aromatic rings. The Labute approximate surface area is 112 Å². The average Bonchev–Trinajstić information content (AvgIpc) is 2.38. The third-order valence-electron chi connectivity index (χ3n) is 2.74. The summed E-state index contributed by atoms with van der Waals surface area (Å²) >= 11 is 5.54. The van der Waals surface area contributed by atoms with Crippen molar-refractivity contribution in [2.45, 2.75) is 12.1 Å². The minimum Gasteiger partial charge on any atom is -0.207 e. The van der Waals surface area contributed by atoms with Crippen LogP contribution >= 0.6 is 11.6 Å². The van der Waals surface area contributed by atoms with Gasteiger partial charge < -0.3 is 0 Å². The first-order valence-electron chi connectivity index (χ1n) is 5.44. The van der Waals surface area contributed by atoms with E-state index in [1.165, 1.54) is 24.3 Å². The third-order valence-corrected chi connectivity index (χ3v) is 3.03. The fourth-order valence-electron chi connectivity index (χ4n) is 1.69. The molecule has 0 aliphatic carbocycles. The van der Waals surface area contributed by atoms with Crippen LogP contribution in [-0.4, -0.2) is 0 Å². The summed E-state index contributed by atoms with van der Waals surface area (Å²) in [7, 11) is 0. The first kappa shape index (κ1) is 13.9. The fraction of sp³-hybridized carbons (Fsp3) is 0.143. The number of alkyl halides is 4. The van der Waals surface area contributed by atoms with E-state index in [1.807, 2.05) is 0 Å². The Kier molecular flexibility index (Phi) is 3.80. The molecule has 5 heteroatoms. The summed E-state index contributed by atoms with van der Waals surface area (Å²) in [6, 6.07) is 9.00. The summed E-state index contributed by atoms with van der Waals surface area (Å²) in [5, 5.41) is 0. The summed E-state index contributed by atoms with van der Waals surface area (Å²) < 4.78 is 50.8. The molecule has 0 aliphatic rings. The van der Waals surface area contributed by atoms with E-state index in [0.717, 1.165) is 12.1 Å². The van der Waals surface area contributed by atoms with Gasteiger partial charge >= 0.3 is 6.18 Å². The minimum absolute atomic E-state index is 0.0547. The molecule has 0 nitrogen and oxygen atoms in total. The van der Waals surface area contributed by atoms with Crippen LogP contribution < -0.4 is 0 Å². The molecule has 0 bridgehead atoms. The van der Waals surface area contributed by atoms with Crippen molar-refractivity contribution < 1.29 is 17.6 Å². The number of benzene rings is 2. The molecular weight excluding hydrogens is 280 g/mol. The topological polar surface area (TPSA) is 0 Å². The Bertz CT molecular complexity index is 573. The van der Waals surface area contributed by atoms with Gasteiger partial charge in [-0.05, 0) is 29.3 Å². The number of hydrogen-bond acceptors (Lipinski definition) is 0. The summed E-state index contributed by atoms with van der Waals surface area (Å²) in [6.45, 7) is 0. The zero-order valence-electron chi connectivity index (χ0n) is 9.64. The van der Waals surface area contributed by atoms with Gasteiger partial charge in [0.1, 0.15) is 5.82 Å². The summed E-state index contributed by atoms with van der Waals surface area (Å²) in [5.74, 6) is -0.411. The van der Waals surface area contributed by atoms with Crippen molar-refractivity contribution >= 4 is 11.6 Å². The van der Waals surface area contributed by atoms with Crippen LogP contribution in [0.5, 0.6) is 0 Å². The Morgan fingerprint density at radius 1 is 0.895 bits per heavy atom. The molecule has 0 saturated carbocycles. The van der Waals surface area contributed by atoms with E-state index < -0.39 is 17.6 Å². The van der Waals surface area contributed by atoms with Gasteiger partial charge in [-0.2, -0.15) is 13.2 Å². The first-order chi connectivity index (χ1) is 8.91. The SMILES string of the molecule is Fc1cc(-c2ccc(C(F)(F)F)cc2)ccc1CCl. The van der Waals surface area contributed by atoms with Crippen LogP contribution in [0, 0.1) is 5.82 Å². The molecule has 0 spiro atoms. The Morgan fingerprint density at radius 3 is 1.95 bits per heavy atom. The maximum Gasteiger partial charge on any atom is 0.416 e. The van der Waals surface area contributed by atoms with Gasteiger partial charge in [-0.25, -0.2) is 4.39 Å². The smallest absolute Gasteiger partial charge is 0.207 e. The summed E-state index contributed by atoms with van der Waals surface area (Å²) in [5.41, 5.74) is 0.666. The highest BCUT2D eigenvalue weighted by Crippen LogP contribution is 2.31. The largest absolute Gasteiger partial charge is 0.416 e. The molecule has 0 heterocycles. The molecule has 2 rings (SSSR count). The second-order valence-corrected chi connectivity index (χ2v) is 4.28. The minimum atomic E-state index is -4.37. The Balaban J connectivity index is 2.35. The van der Waals surface area contributed by atoms with Crippen molar-refractivity contribution in [3.63, 3.8) is 0 Å². The van der Waals surface area contributed by atoms with Crippen molar-refractivity contribution in [1.29, 1.82) is 0 Å². The number of hydrogen-bond donors (Lipinski definition) is 0. The first-order valence-corrected chi connectivity index (χ1v) is 5.97. The molecule has 2 aromatic carbocycles. The van der Waals surface area contributed by atoms with Crippen molar-refractivity contribution in [1.82, 2.24) is 0 Å². The predicted molar refractivity (Wildman–Crippen MR) is 66.4 cm³/mol. The lowest BCUT2D eigenvalue weighted by atomic mass is 10.0. The van der Waals surface area contributed by atoms with Crippen LogP contribution in [0.2, 0.25) is 0 Å². The third kappa shape index (κ3) is 3.07. The van der Waals surface area contributed by atoms with Crippen molar-refractivity contribution in [3.8, 4) is 11.1 Å². The van der Waals surface area contributed by atoms with E-state index in [9.17, 15) is 17.6 Å². The molecular formula is C14H9ClF4. The molecule has 100 valence electrons. The van der Waals surface area contributed by atoms with Crippen LogP contribution in [0.3, 0.4) is 0 Å². The van der Waals surface area contributed by atoms with E-state index in [4.69, 9.17) is 11.6 Å². The van der Waals surface area contributed by atoms with Crippen LogP contribution in [0.4, 0.5) is 17.6 Å². The molecule has 0 saturated heterocycles. The summed E-state index contributed by atoms with van der Waals surface area (Å²) in [4.78, 5) is 0. The number of halogens is 5. The standard InChI is InChI=1S/C14H9ClF4/c15-8-11-2-1-10(7-13(11)16)9-3-5-12(6-4-9)14(17,18)19/h1-7H,8H2. The molecule has 0 aromatic heterocycles. The van der Waals surface area contributed by atoms with Gasteiger partial charge in [-0.1, -0.05) is 24.3 Å². The van der Waals surface area contributed by atoms with Crippen LogP contribution in [0.15, 0.2) is 42.5 Å². The van der Waals surface area contributed by atoms with E-state index >= 15 is 0 Å². The second-order valence-electron chi connectivity index (χ2n) is 4.01. The molecule has 19 heavy (non-hydrogen) atoms. The van der Waals surface area contributed by atoms with Gasteiger partial charge in [-0.15, -0.1) is 11.6 Å². The van der Waals surface area contributed by atoms with Crippen LogP contribution in [0.1, 0.15) is 11.1 Å². The summed E-state index contributed by atoms with van der Waals surface area (Å²) in [6.07, 6.45) is -4.37. The molecule has 0 fully saturated rings. The van der Waals surface area contributed by atoms with Gasteiger partial charge in [0.15, 0.2) is 0 Å². The van der Waals surface area contributed by atoms with Crippen molar-refractivity contribution in [3.05, 3.63) is 59.4 Å². The number of rotatable bonds is 2. The highest BCUT2D eigenvalue weighted by molar-refractivity contribution is 6.17. The molecule has 0 amide bonds. The molecule has 0 radical (unpaired) electrons. The maximum absolute atomic E-state index is 13.5. The van der Waals surface area contributed by atoms with E-state index in [0.29, 0.717) is 16.7 Å². The zero-order valence-corrected chi connectivity index (χ0v) is 10.4. The predicted octanol–water partition coefficient (Wildman–Crippen LogP) is 5.25. The zero-order chi connectivity index (χ0) is 14.0. The van der Waals surface area contributed by atoms with Crippen LogP contribution in [-0.2, 0) is 12.1 Å². The van der Waals surface area contributed by atoms with Crippen molar-refractivity contribution in [2.75, 3.05) is 0 Å². The fourth-order valence-corrected chi connectivity index (χ4v) is 1.90. The lowest BCUT2D eigenvalue weighted by Crippen LogP contribution is -2.04. The van der Waals surface area contributed by atoms with E-state index in [2.05, 4.69) is 0 Å². The maximum atomic E-state index is 13.5. The Morgan fingerprint density at radius 2 is 1.47 bits per heavy atom. The van der Waals surface area contributed by atoms with Gasteiger partial charge in [-0.3, -0.25) is 0 Å². The highest BCUT2D eigenvalue weighted by atomic mass is 35.5. The van der Waals surface area contributed by atoms with Gasteiger partial charge in [0.2, 0.25) is 0 Å². The lowest BCUT2D eigenvalue weighted by molar-refractivity contribution is -0.137. The average molecular weight is 289 g/mol. The van der Waals surface area contributed by atoms with Gasteiger partial charge in [0, 0.05) is 5.56 Å². The second kappa shape index (κ2) is 5.21. The van der Waals surface area contributed by atoms with Crippen molar-refractivity contribution in [2.24, 2.45) is 0 Å². The monoisotopic (exact) mass is 288 g/mol. The van der Waals surface area contributed by atoms with E-state index in [1.54, 1.807) is 6.07 Å². The van der Waals surface area contributed by atoms with Crippen LogP contribution in [0.25, 0.3) is 11.1 Å².